The summed E-state index contributed by atoms with van der Waals surface area (Å²) in [5.74, 6) is 1.03. The van der Waals surface area contributed by atoms with Crippen LogP contribution in [-0.2, 0) is 4.74 Å². The minimum Gasteiger partial charge on any atom is -0.378 e. The van der Waals surface area contributed by atoms with Gasteiger partial charge in [0.05, 0.1) is 13.2 Å². The van der Waals surface area contributed by atoms with Crippen molar-refractivity contribution in [2.75, 3.05) is 39.6 Å². The van der Waals surface area contributed by atoms with Crippen LogP contribution in [-0.4, -0.2) is 56.6 Å². The number of rotatable bonds is 10. The molecular formula is C16H28N2OS. The first-order valence-electron chi connectivity index (χ1n) is 7.24. The van der Waals surface area contributed by atoms with Crippen LogP contribution < -0.4 is 5.32 Å². The van der Waals surface area contributed by atoms with Crippen molar-refractivity contribution in [1.29, 1.82) is 0 Å². The van der Waals surface area contributed by atoms with Crippen LogP contribution in [0.25, 0.3) is 0 Å². The molecule has 0 aromatic heterocycles. The SMILES string of the molecule is CC(C)NC(COCCN(C)C)CSc1ccccc1. The molecule has 0 spiro atoms. The van der Waals surface area contributed by atoms with Crippen molar-refractivity contribution in [1.82, 2.24) is 10.2 Å². The number of nitrogens with one attached hydrogen (secondary N) is 1. The second-order valence-electron chi connectivity index (χ2n) is 5.52. The van der Waals surface area contributed by atoms with Gasteiger partial charge in [-0.05, 0) is 26.2 Å². The number of hydrogen-bond acceptors (Lipinski definition) is 4. The molecule has 0 aliphatic heterocycles. The van der Waals surface area contributed by atoms with Gasteiger partial charge in [0.1, 0.15) is 0 Å². The molecule has 1 unspecified atom stereocenters. The number of benzene rings is 1. The summed E-state index contributed by atoms with van der Waals surface area (Å²) in [4.78, 5) is 3.46. The molecule has 0 aliphatic carbocycles. The molecule has 1 aromatic carbocycles. The van der Waals surface area contributed by atoms with Crippen LogP contribution in [0.2, 0.25) is 0 Å². The largest absolute Gasteiger partial charge is 0.378 e. The second kappa shape index (κ2) is 10.2. The first-order valence-corrected chi connectivity index (χ1v) is 8.23. The highest BCUT2D eigenvalue weighted by molar-refractivity contribution is 7.99. The number of thioether (sulfide) groups is 1. The summed E-state index contributed by atoms with van der Waals surface area (Å²) >= 11 is 1.88. The zero-order chi connectivity index (χ0) is 14.8. The van der Waals surface area contributed by atoms with Gasteiger partial charge in [-0.25, -0.2) is 0 Å². The molecule has 1 rings (SSSR count). The van der Waals surface area contributed by atoms with Crippen molar-refractivity contribution < 1.29 is 4.74 Å². The Kier molecular flexibility index (Phi) is 8.94. The highest BCUT2D eigenvalue weighted by atomic mass is 32.2. The molecule has 0 amide bonds. The molecule has 1 atom stereocenters. The van der Waals surface area contributed by atoms with Crippen LogP contribution in [0.4, 0.5) is 0 Å². The van der Waals surface area contributed by atoms with Gasteiger partial charge >= 0.3 is 0 Å². The van der Waals surface area contributed by atoms with E-state index in [9.17, 15) is 0 Å². The smallest absolute Gasteiger partial charge is 0.0628 e. The lowest BCUT2D eigenvalue weighted by atomic mass is 10.3. The summed E-state index contributed by atoms with van der Waals surface area (Å²) in [6.45, 7) is 6.89. The van der Waals surface area contributed by atoms with Crippen LogP contribution in [0, 0.1) is 0 Å². The van der Waals surface area contributed by atoms with Crippen molar-refractivity contribution >= 4 is 11.8 Å². The van der Waals surface area contributed by atoms with Crippen LogP contribution in [0.15, 0.2) is 35.2 Å². The minimum absolute atomic E-state index is 0.391. The molecule has 0 fully saturated rings. The summed E-state index contributed by atoms with van der Waals surface area (Å²) < 4.78 is 5.78. The molecule has 4 heteroatoms. The number of nitrogens with zero attached hydrogens (tertiary/aromatic N) is 1. The van der Waals surface area contributed by atoms with Crippen LogP contribution in [0.5, 0.6) is 0 Å². The van der Waals surface area contributed by atoms with E-state index in [2.05, 4.69) is 68.5 Å². The lowest BCUT2D eigenvalue weighted by Gasteiger charge is -2.21. The summed E-state index contributed by atoms with van der Waals surface area (Å²) in [6.07, 6.45) is 0. The fraction of sp³-hybridized carbons (Fsp3) is 0.625. The molecule has 1 N–H and O–H groups in total. The standard InChI is InChI=1S/C16H28N2OS/c1-14(2)17-15(12-19-11-10-18(3)4)13-20-16-8-6-5-7-9-16/h5-9,14-15,17H,10-13H2,1-4H3. The van der Waals surface area contributed by atoms with E-state index in [4.69, 9.17) is 4.74 Å². The number of hydrogen-bond donors (Lipinski definition) is 1. The Bertz CT molecular complexity index is 344. The first kappa shape index (κ1) is 17.5. The predicted molar refractivity (Wildman–Crippen MR) is 88.6 cm³/mol. The van der Waals surface area contributed by atoms with Gasteiger partial charge in [-0.2, -0.15) is 0 Å². The lowest BCUT2D eigenvalue weighted by Crippen LogP contribution is -2.40. The van der Waals surface area contributed by atoms with Gasteiger partial charge in [0.2, 0.25) is 0 Å². The monoisotopic (exact) mass is 296 g/mol. The summed E-state index contributed by atoms with van der Waals surface area (Å²) in [5, 5.41) is 3.58. The molecule has 114 valence electrons. The molecule has 20 heavy (non-hydrogen) atoms. The third-order valence-corrected chi connectivity index (χ3v) is 3.94. The second-order valence-corrected chi connectivity index (χ2v) is 6.61. The van der Waals surface area contributed by atoms with Crippen molar-refractivity contribution in [3.8, 4) is 0 Å². The van der Waals surface area contributed by atoms with Crippen molar-refractivity contribution in [2.24, 2.45) is 0 Å². The molecule has 0 saturated heterocycles. The summed E-state index contributed by atoms with van der Waals surface area (Å²) in [5.41, 5.74) is 0. The van der Waals surface area contributed by atoms with Crippen molar-refractivity contribution in [2.45, 2.75) is 30.8 Å². The van der Waals surface area contributed by atoms with E-state index in [1.54, 1.807) is 0 Å². The average molecular weight is 296 g/mol. The molecule has 3 nitrogen and oxygen atoms in total. The van der Waals surface area contributed by atoms with Gasteiger partial charge in [-0.1, -0.05) is 32.0 Å². The van der Waals surface area contributed by atoms with Crippen molar-refractivity contribution in [3.05, 3.63) is 30.3 Å². The molecule has 0 saturated carbocycles. The van der Waals surface area contributed by atoms with Gasteiger partial charge in [0, 0.05) is 29.3 Å². The number of likely N-dealkylation sites (N-methyl/N-ethyl adjacent to an activating group) is 1. The van der Waals surface area contributed by atoms with Crippen LogP contribution >= 0.6 is 11.8 Å². The normalized spacial score (nSPS) is 13.1. The van der Waals surface area contributed by atoms with E-state index in [0.29, 0.717) is 12.1 Å². The maximum absolute atomic E-state index is 5.78. The van der Waals surface area contributed by atoms with Gasteiger partial charge in [-0.15, -0.1) is 11.8 Å². The Balaban J connectivity index is 2.31. The highest BCUT2D eigenvalue weighted by Gasteiger charge is 2.11. The highest BCUT2D eigenvalue weighted by Crippen LogP contribution is 2.18. The molecule has 0 heterocycles. The quantitative estimate of drug-likeness (QED) is 0.530. The Morgan fingerprint density at radius 3 is 2.50 bits per heavy atom. The van der Waals surface area contributed by atoms with Gasteiger partial charge in [-0.3, -0.25) is 0 Å². The van der Waals surface area contributed by atoms with E-state index in [1.165, 1.54) is 4.90 Å². The fourth-order valence-corrected chi connectivity index (χ4v) is 2.74. The van der Waals surface area contributed by atoms with Crippen LogP contribution in [0.1, 0.15) is 13.8 Å². The van der Waals surface area contributed by atoms with Crippen LogP contribution in [0.3, 0.4) is 0 Å². The molecule has 1 aromatic rings. The van der Waals surface area contributed by atoms with E-state index < -0.39 is 0 Å². The zero-order valence-electron chi connectivity index (χ0n) is 13.1. The molecular weight excluding hydrogens is 268 g/mol. The maximum Gasteiger partial charge on any atom is 0.0628 e. The topological polar surface area (TPSA) is 24.5 Å². The third-order valence-electron chi connectivity index (χ3n) is 2.77. The van der Waals surface area contributed by atoms with E-state index in [-0.39, 0.29) is 0 Å². The Morgan fingerprint density at radius 2 is 1.90 bits per heavy atom. The molecule has 0 aliphatic rings. The molecule has 0 radical (unpaired) electrons. The Hall–Kier alpha value is -0.550. The Labute approximate surface area is 128 Å². The summed E-state index contributed by atoms with van der Waals surface area (Å²) in [7, 11) is 4.14. The van der Waals surface area contributed by atoms with E-state index in [1.807, 2.05) is 11.8 Å². The lowest BCUT2D eigenvalue weighted by molar-refractivity contribution is 0.101. The van der Waals surface area contributed by atoms with Gasteiger partial charge < -0.3 is 15.0 Å². The predicted octanol–water partition coefficient (Wildman–Crippen LogP) is 2.72. The van der Waals surface area contributed by atoms with Crippen molar-refractivity contribution in [3.63, 3.8) is 0 Å². The van der Waals surface area contributed by atoms with E-state index >= 15 is 0 Å². The maximum atomic E-state index is 5.78. The summed E-state index contributed by atoms with van der Waals surface area (Å²) in [6, 6.07) is 11.4. The fourth-order valence-electron chi connectivity index (χ4n) is 1.80. The van der Waals surface area contributed by atoms with E-state index in [0.717, 1.165) is 25.5 Å². The minimum atomic E-state index is 0.391. The van der Waals surface area contributed by atoms with Gasteiger partial charge in [0.25, 0.3) is 0 Å². The third kappa shape index (κ3) is 8.59. The first-order chi connectivity index (χ1) is 9.58. The average Bonchev–Trinajstić information content (AvgIpc) is 2.41. The zero-order valence-corrected chi connectivity index (χ0v) is 14.0. The molecule has 0 bridgehead atoms. The Morgan fingerprint density at radius 1 is 1.20 bits per heavy atom. The number of ether oxygens (including phenoxy) is 1. The van der Waals surface area contributed by atoms with Gasteiger partial charge in [0.15, 0.2) is 0 Å².